The molecule has 1 aromatic heterocycles. The average molecular weight is 501 g/mol. The molecule has 0 radical (unpaired) electrons. The predicted molar refractivity (Wildman–Crippen MR) is 128 cm³/mol. The van der Waals surface area contributed by atoms with Crippen LogP contribution in [0.1, 0.15) is 32.3 Å². The summed E-state index contributed by atoms with van der Waals surface area (Å²) in [5.74, 6) is 0.129. The van der Waals surface area contributed by atoms with E-state index in [1.54, 1.807) is 4.90 Å². The number of rotatable bonds is 9. The fraction of sp³-hybridized carbons (Fsp3) is 0.304. The minimum atomic E-state index is -0.188. The van der Waals surface area contributed by atoms with E-state index in [2.05, 4.69) is 31.4 Å². The maximum Gasteiger partial charge on any atom is 0.227 e. The van der Waals surface area contributed by atoms with E-state index in [0.717, 1.165) is 20.6 Å². The van der Waals surface area contributed by atoms with Crippen LogP contribution in [0.4, 0.5) is 5.13 Å². The summed E-state index contributed by atoms with van der Waals surface area (Å²) >= 11 is 4.76. The number of amides is 2. The fourth-order valence-electron chi connectivity index (χ4n) is 3.00. The van der Waals surface area contributed by atoms with Crippen molar-refractivity contribution in [1.82, 2.24) is 15.1 Å². The lowest BCUT2D eigenvalue weighted by molar-refractivity contribution is -0.133. The zero-order valence-electron chi connectivity index (χ0n) is 17.5. The second-order valence-corrected chi connectivity index (χ2v) is 9.51. The summed E-state index contributed by atoms with van der Waals surface area (Å²) in [5.41, 5.74) is 1.98. The van der Waals surface area contributed by atoms with E-state index in [-0.39, 0.29) is 24.2 Å². The molecule has 31 heavy (non-hydrogen) atoms. The van der Waals surface area contributed by atoms with Crippen LogP contribution in [-0.4, -0.2) is 33.5 Å². The summed E-state index contributed by atoms with van der Waals surface area (Å²) in [6.45, 7) is 4.88. The number of carbonyl (C=O) groups is 2. The third-order valence-electron chi connectivity index (χ3n) is 4.50. The Hall–Kier alpha value is -2.58. The fourth-order valence-corrected chi connectivity index (χ4v) is 4.16. The van der Waals surface area contributed by atoms with Gasteiger partial charge in [-0.1, -0.05) is 83.6 Å². The molecule has 1 N–H and O–H groups in total. The van der Waals surface area contributed by atoms with E-state index in [4.69, 9.17) is 0 Å². The molecule has 3 aromatic rings. The lowest BCUT2D eigenvalue weighted by Crippen LogP contribution is -2.34. The quantitative estimate of drug-likeness (QED) is 0.428. The summed E-state index contributed by atoms with van der Waals surface area (Å²) in [5, 5.41) is 12.2. The van der Waals surface area contributed by atoms with E-state index in [1.165, 1.54) is 11.3 Å². The molecule has 0 spiro atoms. The molecule has 0 saturated carbocycles. The lowest BCUT2D eigenvalue weighted by Gasteiger charge is -2.23. The highest BCUT2D eigenvalue weighted by atomic mass is 79.9. The molecule has 3 rings (SSSR count). The molecule has 0 atom stereocenters. The Balaban J connectivity index is 1.59. The highest BCUT2D eigenvalue weighted by molar-refractivity contribution is 9.10. The number of nitrogens with one attached hydrogen (secondary N) is 1. The highest BCUT2D eigenvalue weighted by Crippen LogP contribution is 2.28. The van der Waals surface area contributed by atoms with Gasteiger partial charge in [0.25, 0.3) is 0 Å². The van der Waals surface area contributed by atoms with Crippen molar-refractivity contribution < 1.29 is 9.59 Å². The monoisotopic (exact) mass is 500 g/mol. The number of benzene rings is 2. The first kappa shape index (κ1) is 23.1. The molecule has 0 saturated heterocycles. The Kier molecular flexibility index (Phi) is 8.31. The van der Waals surface area contributed by atoms with Crippen LogP contribution in [0.3, 0.4) is 0 Å². The third-order valence-corrected chi connectivity index (χ3v) is 5.88. The topological polar surface area (TPSA) is 75.2 Å². The molecule has 2 amide bonds. The maximum absolute atomic E-state index is 12.7. The van der Waals surface area contributed by atoms with Crippen LogP contribution in [0.5, 0.6) is 0 Å². The van der Waals surface area contributed by atoms with Gasteiger partial charge in [0.2, 0.25) is 16.9 Å². The molecule has 0 unspecified atom stereocenters. The summed E-state index contributed by atoms with van der Waals surface area (Å²) < 4.78 is 0.954. The van der Waals surface area contributed by atoms with E-state index in [9.17, 15) is 9.59 Å². The van der Waals surface area contributed by atoms with E-state index in [1.807, 2.05) is 68.4 Å². The standard InChI is InChI=1S/C23H25BrN4O2S/c1-16(2)13-21(30)28(15-17-7-4-3-5-8-17)12-11-20(29)25-23-27-26-22(31-23)18-9-6-10-19(24)14-18/h3-10,14,16H,11-13,15H2,1-2H3,(H,25,27,29). The third kappa shape index (κ3) is 7.25. The molecule has 2 aromatic carbocycles. The van der Waals surface area contributed by atoms with Gasteiger partial charge < -0.3 is 10.2 Å². The SMILES string of the molecule is CC(C)CC(=O)N(CCC(=O)Nc1nnc(-c2cccc(Br)c2)s1)Cc1ccccc1. The molecule has 0 bridgehead atoms. The second kappa shape index (κ2) is 11.2. The van der Waals surface area contributed by atoms with E-state index in [0.29, 0.717) is 24.6 Å². The first-order valence-electron chi connectivity index (χ1n) is 10.1. The van der Waals surface area contributed by atoms with Crippen molar-refractivity contribution in [3.05, 3.63) is 64.6 Å². The van der Waals surface area contributed by atoms with E-state index >= 15 is 0 Å². The van der Waals surface area contributed by atoms with E-state index < -0.39 is 0 Å². The molecular weight excluding hydrogens is 476 g/mol. The van der Waals surface area contributed by atoms with Crippen molar-refractivity contribution in [1.29, 1.82) is 0 Å². The number of halogens is 1. The van der Waals surface area contributed by atoms with Crippen molar-refractivity contribution in [2.24, 2.45) is 5.92 Å². The van der Waals surface area contributed by atoms with Gasteiger partial charge in [-0.15, -0.1) is 10.2 Å². The molecule has 0 aliphatic carbocycles. The maximum atomic E-state index is 12.7. The van der Waals surface area contributed by atoms with Crippen molar-refractivity contribution in [3.63, 3.8) is 0 Å². The number of anilines is 1. The van der Waals surface area contributed by atoms with Crippen molar-refractivity contribution in [3.8, 4) is 10.6 Å². The Labute approximate surface area is 194 Å². The van der Waals surface area contributed by atoms with Crippen molar-refractivity contribution in [2.75, 3.05) is 11.9 Å². The Bertz CT molecular complexity index is 1020. The Morgan fingerprint density at radius 1 is 1.10 bits per heavy atom. The number of aromatic nitrogens is 2. The zero-order valence-corrected chi connectivity index (χ0v) is 19.9. The first-order valence-corrected chi connectivity index (χ1v) is 11.7. The summed E-state index contributed by atoms with van der Waals surface area (Å²) in [6.07, 6.45) is 0.656. The zero-order chi connectivity index (χ0) is 22.2. The lowest BCUT2D eigenvalue weighted by atomic mass is 10.1. The molecule has 162 valence electrons. The van der Waals surface area contributed by atoms with Gasteiger partial charge in [0, 0.05) is 36.0 Å². The summed E-state index contributed by atoms with van der Waals surface area (Å²) in [4.78, 5) is 26.9. The molecule has 0 aliphatic rings. The van der Waals surface area contributed by atoms with Crippen LogP contribution in [0.15, 0.2) is 59.1 Å². The minimum Gasteiger partial charge on any atom is -0.338 e. The van der Waals surface area contributed by atoms with Crippen LogP contribution in [0.25, 0.3) is 10.6 Å². The number of nitrogens with zero attached hydrogens (tertiary/aromatic N) is 3. The second-order valence-electron chi connectivity index (χ2n) is 7.62. The largest absolute Gasteiger partial charge is 0.338 e. The summed E-state index contributed by atoms with van der Waals surface area (Å²) in [6, 6.07) is 17.6. The van der Waals surface area contributed by atoms with Gasteiger partial charge in [-0.3, -0.25) is 9.59 Å². The number of hydrogen-bond donors (Lipinski definition) is 1. The number of hydrogen-bond acceptors (Lipinski definition) is 5. The van der Waals surface area contributed by atoms with Gasteiger partial charge in [0.1, 0.15) is 5.01 Å². The summed E-state index contributed by atoms with van der Waals surface area (Å²) in [7, 11) is 0. The Morgan fingerprint density at radius 2 is 1.87 bits per heavy atom. The highest BCUT2D eigenvalue weighted by Gasteiger charge is 2.17. The molecule has 0 fully saturated rings. The van der Waals surface area contributed by atoms with Crippen LogP contribution in [0.2, 0.25) is 0 Å². The van der Waals surface area contributed by atoms with Crippen LogP contribution in [-0.2, 0) is 16.1 Å². The van der Waals surface area contributed by atoms with Crippen molar-refractivity contribution >= 4 is 44.2 Å². The van der Waals surface area contributed by atoms with Gasteiger partial charge in [-0.2, -0.15) is 0 Å². The van der Waals surface area contributed by atoms with Gasteiger partial charge in [-0.05, 0) is 23.6 Å². The van der Waals surface area contributed by atoms with Gasteiger partial charge >= 0.3 is 0 Å². The molecular formula is C23H25BrN4O2S. The van der Waals surface area contributed by atoms with Gasteiger partial charge in [0.05, 0.1) is 0 Å². The molecule has 6 nitrogen and oxygen atoms in total. The molecule has 8 heteroatoms. The van der Waals surface area contributed by atoms with Crippen molar-refractivity contribution in [2.45, 2.75) is 33.2 Å². The smallest absolute Gasteiger partial charge is 0.227 e. The predicted octanol–water partition coefficient (Wildman–Crippen LogP) is 5.37. The van der Waals surface area contributed by atoms with Gasteiger partial charge in [0.15, 0.2) is 0 Å². The molecule has 0 aliphatic heterocycles. The Morgan fingerprint density at radius 3 is 2.58 bits per heavy atom. The van der Waals surface area contributed by atoms with Crippen LogP contribution >= 0.6 is 27.3 Å². The minimum absolute atomic E-state index is 0.0551. The first-order chi connectivity index (χ1) is 14.9. The normalized spacial score (nSPS) is 10.8. The van der Waals surface area contributed by atoms with Crippen LogP contribution in [0, 0.1) is 5.92 Å². The van der Waals surface area contributed by atoms with Gasteiger partial charge in [-0.25, -0.2) is 0 Å². The average Bonchev–Trinajstić information content (AvgIpc) is 3.19. The number of carbonyl (C=O) groups excluding carboxylic acids is 2. The van der Waals surface area contributed by atoms with Crippen LogP contribution < -0.4 is 5.32 Å². The molecule has 1 heterocycles.